The minimum absolute atomic E-state index is 0.134. The number of thiazole rings is 1. The average molecular weight is 249 g/mol. The van der Waals surface area contributed by atoms with Crippen LogP contribution in [0, 0.1) is 0 Å². The molecule has 0 aromatic carbocycles. The Kier molecular flexibility index (Phi) is 2.58. The van der Waals surface area contributed by atoms with Gasteiger partial charge in [0.15, 0.2) is 0 Å². The highest BCUT2D eigenvalue weighted by Gasteiger charge is 2.38. The number of nitrogens with one attached hydrogen (secondary N) is 1. The van der Waals surface area contributed by atoms with E-state index in [0.717, 1.165) is 4.83 Å². The van der Waals surface area contributed by atoms with Crippen molar-refractivity contribution in [2.45, 2.75) is 12.7 Å². The minimum Gasteiger partial charge on any atom is -0.343 e. The van der Waals surface area contributed by atoms with E-state index in [-0.39, 0.29) is 6.54 Å². The molecular weight excluding hydrogens is 243 g/mol. The zero-order valence-electron chi connectivity index (χ0n) is 7.78. The van der Waals surface area contributed by atoms with Crippen LogP contribution in [0.25, 0.3) is 4.83 Å². The van der Waals surface area contributed by atoms with Crippen LogP contribution in [-0.4, -0.2) is 21.5 Å². The molecule has 86 valence electrons. The maximum absolute atomic E-state index is 11.9. The van der Waals surface area contributed by atoms with Crippen LogP contribution in [0.4, 0.5) is 13.2 Å². The van der Waals surface area contributed by atoms with E-state index in [1.807, 2.05) is 0 Å². The molecule has 0 spiro atoms. The summed E-state index contributed by atoms with van der Waals surface area (Å²) in [5, 5.41) is 1.80. The SMILES string of the molecule is O=C(NCc1cn2cncc2s1)C(F)(F)F. The molecule has 0 atom stereocenters. The maximum atomic E-state index is 11.9. The fourth-order valence-electron chi connectivity index (χ4n) is 1.13. The summed E-state index contributed by atoms with van der Waals surface area (Å²) in [7, 11) is 0. The summed E-state index contributed by atoms with van der Waals surface area (Å²) < 4.78 is 37.3. The van der Waals surface area contributed by atoms with E-state index in [9.17, 15) is 18.0 Å². The molecule has 0 saturated carbocycles. The Morgan fingerprint density at radius 3 is 2.94 bits per heavy atom. The van der Waals surface area contributed by atoms with Crippen molar-refractivity contribution in [1.29, 1.82) is 0 Å². The molecule has 0 radical (unpaired) electrons. The molecular formula is C8H6F3N3OS. The lowest BCUT2D eigenvalue weighted by molar-refractivity contribution is -0.173. The monoisotopic (exact) mass is 249 g/mol. The zero-order valence-corrected chi connectivity index (χ0v) is 8.60. The van der Waals surface area contributed by atoms with Gasteiger partial charge in [0.2, 0.25) is 0 Å². The molecule has 4 nitrogen and oxygen atoms in total. The standard InChI is InChI=1S/C8H6F3N3OS/c9-8(10,11)7(15)13-1-5-3-14-4-12-2-6(14)16-5/h2-4H,1H2,(H,13,15). The summed E-state index contributed by atoms with van der Waals surface area (Å²) in [6.07, 6.45) is -0.0645. The summed E-state index contributed by atoms with van der Waals surface area (Å²) in [6, 6.07) is 0. The fourth-order valence-corrected chi connectivity index (χ4v) is 2.03. The van der Waals surface area contributed by atoms with E-state index >= 15 is 0 Å². The first-order valence-corrected chi connectivity index (χ1v) is 5.04. The van der Waals surface area contributed by atoms with Gasteiger partial charge in [-0.3, -0.25) is 9.20 Å². The number of rotatable bonds is 2. The fraction of sp³-hybridized carbons (Fsp3) is 0.250. The molecule has 0 fully saturated rings. The van der Waals surface area contributed by atoms with Gasteiger partial charge in [0.25, 0.3) is 0 Å². The number of hydrogen-bond donors (Lipinski definition) is 1. The molecule has 1 N–H and O–H groups in total. The van der Waals surface area contributed by atoms with Crippen LogP contribution in [0.3, 0.4) is 0 Å². The van der Waals surface area contributed by atoms with Gasteiger partial charge in [-0.05, 0) is 0 Å². The molecule has 0 bridgehead atoms. The predicted octanol–water partition coefficient (Wildman–Crippen LogP) is 1.57. The van der Waals surface area contributed by atoms with Gasteiger partial charge in [0.1, 0.15) is 4.83 Å². The Morgan fingerprint density at radius 2 is 2.31 bits per heavy atom. The van der Waals surface area contributed by atoms with Gasteiger partial charge in [-0.1, -0.05) is 0 Å². The number of hydrogen-bond acceptors (Lipinski definition) is 3. The lowest BCUT2D eigenvalue weighted by Crippen LogP contribution is -2.36. The Morgan fingerprint density at radius 1 is 1.56 bits per heavy atom. The van der Waals surface area contributed by atoms with Gasteiger partial charge in [-0.25, -0.2) is 4.98 Å². The summed E-state index contributed by atoms with van der Waals surface area (Å²) in [4.78, 5) is 15.8. The number of fused-ring (bicyclic) bond motifs is 1. The topological polar surface area (TPSA) is 46.4 Å². The number of imidazole rings is 1. The van der Waals surface area contributed by atoms with Gasteiger partial charge in [-0.2, -0.15) is 13.2 Å². The average Bonchev–Trinajstić information content (AvgIpc) is 2.71. The smallest absolute Gasteiger partial charge is 0.343 e. The van der Waals surface area contributed by atoms with Crippen molar-refractivity contribution in [2.75, 3.05) is 0 Å². The van der Waals surface area contributed by atoms with Crippen LogP contribution in [0.5, 0.6) is 0 Å². The molecule has 2 rings (SSSR count). The lowest BCUT2D eigenvalue weighted by Gasteiger charge is -2.05. The first kappa shape index (κ1) is 10.9. The Hall–Kier alpha value is -1.57. The highest BCUT2D eigenvalue weighted by molar-refractivity contribution is 7.17. The quantitative estimate of drug-likeness (QED) is 0.878. The third-order valence-corrected chi connectivity index (χ3v) is 2.87. The normalized spacial score (nSPS) is 11.9. The molecule has 0 aliphatic heterocycles. The van der Waals surface area contributed by atoms with Gasteiger partial charge in [-0.15, -0.1) is 11.3 Å². The number of alkyl halides is 3. The third-order valence-electron chi connectivity index (χ3n) is 1.83. The zero-order chi connectivity index (χ0) is 11.8. The van der Waals surface area contributed by atoms with Gasteiger partial charge < -0.3 is 5.32 Å². The first-order valence-electron chi connectivity index (χ1n) is 4.22. The van der Waals surface area contributed by atoms with Crippen molar-refractivity contribution < 1.29 is 18.0 Å². The van der Waals surface area contributed by atoms with Gasteiger partial charge >= 0.3 is 12.1 Å². The summed E-state index contributed by atoms with van der Waals surface area (Å²) in [5.41, 5.74) is 0. The van der Waals surface area contributed by atoms with Crippen molar-refractivity contribution in [3.8, 4) is 0 Å². The van der Waals surface area contributed by atoms with Crippen LogP contribution < -0.4 is 5.32 Å². The van der Waals surface area contributed by atoms with Crippen LogP contribution in [0.1, 0.15) is 4.88 Å². The molecule has 0 aliphatic carbocycles. The molecule has 0 saturated heterocycles. The summed E-state index contributed by atoms with van der Waals surface area (Å²) in [6.45, 7) is -0.134. The molecule has 2 aromatic rings. The van der Waals surface area contributed by atoms with Gasteiger partial charge in [0, 0.05) is 11.1 Å². The van der Waals surface area contributed by atoms with Crippen LogP contribution in [0.15, 0.2) is 18.7 Å². The van der Waals surface area contributed by atoms with Crippen molar-refractivity contribution in [3.05, 3.63) is 23.6 Å². The maximum Gasteiger partial charge on any atom is 0.471 e. The van der Waals surface area contributed by atoms with E-state index in [4.69, 9.17) is 0 Å². The van der Waals surface area contributed by atoms with Crippen molar-refractivity contribution in [2.24, 2.45) is 0 Å². The number of amides is 1. The largest absolute Gasteiger partial charge is 0.471 e. The molecule has 1 amide bonds. The predicted molar refractivity (Wildman–Crippen MR) is 51.0 cm³/mol. The molecule has 8 heteroatoms. The highest BCUT2D eigenvalue weighted by atomic mass is 32.1. The van der Waals surface area contributed by atoms with Crippen LogP contribution in [-0.2, 0) is 11.3 Å². The first-order chi connectivity index (χ1) is 7.47. The second-order valence-electron chi connectivity index (χ2n) is 3.02. The number of carbonyl (C=O) groups excluding carboxylic acids is 1. The van der Waals surface area contributed by atoms with Crippen molar-refractivity contribution >= 4 is 22.1 Å². The molecule has 2 heterocycles. The molecule has 2 aromatic heterocycles. The Labute approximate surface area is 91.7 Å². The number of aromatic nitrogens is 2. The number of nitrogens with zero attached hydrogens (tertiary/aromatic N) is 2. The van der Waals surface area contributed by atoms with E-state index in [1.165, 1.54) is 11.3 Å². The molecule has 0 unspecified atom stereocenters. The number of halogens is 3. The lowest BCUT2D eigenvalue weighted by atomic mass is 10.5. The van der Waals surface area contributed by atoms with E-state index in [2.05, 4.69) is 4.98 Å². The minimum atomic E-state index is -4.83. The Balaban J connectivity index is 2.01. The van der Waals surface area contributed by atoms with Crippen LogP contribution in [0.2, 0.25) is 0 Å². The second-order valence-corrected chi connectivity index (χ2v) is 4.16. The van der Waals surface area contributed by atoms with E-state index < -0.39 is 12.1 Å². The van der Waals surface area contributed by atoms with Crippen LogP contribution >= 0.6 is 11.3 Å². The summed E-state index contributed by atoms with van der Waals surface area (Å²) in [5.74, 6) is -1.93. The molecule has 16 heavy (non-hydrogen) atoms. The second kappa shape index (κ2) is 3.78. The highest BCUT2D eigenvalue weighted by Crippen LogP contribution is 2.18. The van der Waals surface area contributed by atoms with Gasteiger partial charge in [0.05, 0.1) is 19.1 Å². The molecule has 0 aliphatic rings. The summed E-state index contributed by atoms with van der Waals surface area (Å²) >= 11 is 1.27. The third kappa shape index (κ3) is 2.16. The Bertz CT molecular complexity index is 487. The van der Waals surface area contributed by atoms with Crippen molar-refractivity contribution in [1.82, 2.24) is 14.7 Å². The van der Waals surface area contributed by atoms with E-state index in [1.54, 1.807) is 28.4 Å². The van der Waals surface area contributed by atoms with Crippen molar-refractivity contribution in [3.63, 3.8) is 0 Å². The van der Waals surface area contributed by atoms with E-state index in [0.29, 0.717) is 4.88 Å². The number of carbonyl (C=O) groups is 1.